The minimum absolute atomic E-state index is 0.0109. The van der Waals surface area contributed by atoms with E-state index in [4.69, 9.17) is 0 Å². The molecule has 0 unspecified atom stereocenters. The third-order valence-corrected chi connectivity index (χ3v) is 3.06. The lowest BCUT2D eigenvalue weighted by Crippen LogP contribution is -2.36. The minimum atomic E-state index is -0.0109. The van der Waals surface area contributed by atoms with E-state index in [2.05, 4.69) is 34.4 Å². The van der Waals surface area contributed by atoms with E-state index in [1.54, 1.807) is 7.05 Å². The Morgan fingerprint density at radius 3 is 2.57 bits per heavy atom. The second-order valence-electron chi connectivity index (χ2n) is 4.90. The molecule has 0 atom stereocenters. The Kier molecular flexibility index (Phi) is 7.50. The van der Waals surface area contributed by atoms with Gasteiger partial charge in [-0.3, -0.25) is 4.79 Å². The number of carbonyl (C=O) groups is 1. The van der Waals surface area contributed by atoms with Crippen LogP contribution in [0.4, 0.5) is 11.6 Å². The third-order valence-electron chi connectivity index (χ3n) is 3.06. The predicted molar refractivity (Wildman–Crippen MR) is 86.8 cm³/mol. The summed E-state index contributed by atoms with van der Waals surface area (Å²) in [6.07, 6.45) is 2.77. The van der Waals surface area contributed by atoms with E-state index in [-0.39, 0.29) is 5.91 Å². The first-order valence-electron chi connectivity index (χ1n) is 7.71. The van der Waals surface area contributed by atoms with Crippen molar-refractivity contribution in [1.82, 2.24) is 15.3 Å². The van der Waals surface area contributed by atoms with Crippen molar-refractivity contribution in [1.29, 1.82) is 0 Å². The standard InChI is InChI=1S/C15H27N5O/c1-5-8-17-13-10-14(19-12(7-3)18-13)20(9-6-2)11-15(21)16-4/h10H,5-9,11H2,1-4H3,(H,16,21)(H,17,18,19). The number of anilines is 2. The Morgan fingerprint density at radius 1 is 1.24 bits per heavy atom. The van der Waals surface area contributed by atoms with Gasteiger partial charge in [-0.1, -0.05) is 20.8 Å². The third kappa shape index (κ3) is 5.57. The molecule has 0 aromatic carbocycles. The van der Waals surface area contributed by atoms with Gasteiger partial charge in [0.15, 0.2) is 0 Å². The molecule has 1 rings (SSSR count). The van der Waals surface area contributed by atoms with E-state index in [1.807, 2.05) is 17.9 Å². The fourth-order valence-corrected chi connectivity index (χ4v) is 1.94. The zero-order chi connectivity index (χ0) is 15.7. The zero-order valence-electron chi connectivity index (χ0n) is 13.6. The molecule has 1 amide bonds. The molecule has 6 nitrogen and oxygen atoms in total. The van der Waals surface area contributed by atoms with Crippen LogP contribution in [0, 0.1) is 0 Å². The first-order valence-corrected chi connectivity index (χ1v) is 7.71. The van der Waals surface area contributed by atoms with Crippen LogP contribution < -0.4 is 15.5 Å². The number of hydrogen-bond donors (Lipinski definition) is 2. The molecule has 1 heterocycles. The van der Waals surface area contributed by atoms with Gasteiger partial charge in [0.2, 0.25) is 5.91 Å². The molecule has 0 saturated heterocycles. The zero-order valence-corrected chi connectivity index (χ0v) is 13.6. The Labute approximate surface area is 127 Å². The molecule has 118 valence electrons. The van der Waals surface area contributed by atoms with E-state index in [0.717, 1.165) is 49.8 Å². The highest BCUT2D eigenvalue weighted by atomic mass is 16.1. The second kappa shape index (κ2) is 9.15. The Balaban J connectivity index is 3.01. The first kappa shape index (κ1) is 17.2. The van der Waals surface area contributed by atoms with Crippen molar-refractivity contribution >= 4 is 17.5 Å². The molecule has 21 heavy (non-hydrogen) atoms. The molecule has 0 bridgehead atoms. The number of carbonyl (C=O) groups excluding carboxylic acids is 1. The summed E-state index contributed by atoms with van der Waals surface area (Å²) in [6, 6.07) is 1.92. The van der Waals surface area contributed by atoms with Crippen molar-refractivity contribution in [2.45, 2.75) is 40.0 Å². The molecule has 2 N–H and O–H groups in total. The van der Waals surface area contributed by atoms with Crippen molar-refractivity contribution in [2.24, 2.45) is 0 Å². The van der Waals surface area contributed by atoms with E-state index < -0.39 is 0 Å². The number of hydrogen-bond acceptors (Lipinski definition) is 5. The summed E-state index contributed by atoms with van der Waals surface area (Å²) in [4.78, 5) is 22.7. The summed E-state index contributed by atoms with van der Waals surface area (Å²) in [5, 5.41) is 5.96. The Bertz CT molecular complexity index is 450. The molecule has 0 fully saturated rings. The van der Waals surface area contributed by atoms with Crippen molar-refractivity contribution in [3.8, 4) is 0 Å². The van der Waals surface area contributed by atoms with Gasteiger partial charge in [-0.2, -0.15) is 0 Å². The van der Waals surface area contributed by atoms with Crippen LogP contribution in [0.1, 0.15) is 39.4 Å². The highest BCUT2D eigenvalue weighted by molar-refractivity contribution is 5.80. The Hall–Kier alpha value is -1.85. The van der Waals surface area contributed by atoms with Gasteiger partial charge < -0.3 is 15.5 Å². The molecule has 0 aliphatic heterocycles. The highest BCUT2D eigenvalue weighted by Gasteiger charge is 2.13. The number of nitrogens with zero attached hydrogens (tertiary/aromatic N) is 3. The van der Waals surface area contributed by atoms with Crippen LogP contribution in [0.5, 0.6) is 0 Å². The van der Waals surface area contributed by atoms with Gasteiger partial charge in [0, 0.05) is 32.6 Å². The Morgan fingerprint density at radius 2 is 2.00 bits per heavy atom. The smallest absolute Gasteiger partial charge is 0.239 e. The predicted octanol–water partition coefficient (Wildman–Crippen LogP) is 1.82. The average Bonchev–Trinajstić information content (AvgIpc) is 2.51. The number of likely N-dealkylation sites (N-methyl/N-ethyl adjacent to an activating group) is 1. The molecule has 1 aromatic rings. The largest absolute Gasteiger partial charge is 0.370 e. The molecule has 0 aliphatic rings. The monoisotopic (exact) mass is 293 g/mol. The number of rotatable bonds is 9. The van der Waals surface area contributed by atoms with Crippen LogP contribution in [0.25, 0.3) is 0 Å². The van der Waals surface area contributed by atoms with Crippen LogP contribution in [-0.4, -0.2) is 42.6 Å². The van der Waals surface area contributed by atoms with E-state index in [9.17, 15) is 4.79 Å². The lowest BCUT2D eigenvalue weighted by molar-refractivity contribution is -0.119. The minimum Gasteiger partial charge on any atom is -0.370 e. The van der Waals surface area contributed by atoms with Crippen LogP contribution in [0.15, 0.2) is 6.07 Å². The van der Waals surface area contributed by atoms with E-state index in [1.165, 1.54) is 0 Å². The van der Waals surface area contributed by atoms with Gasteiger partial charge >= 0.3 is 0 Å². The topological polar surface area (TPSA) is 70.2 Å². The second-order valence-corrected chi connectivity index (χ2v) is 4.90. The van der Waals surface area contributed by atoms with Crippen molar-refractivity contribution in [3.63, 3.8) is 0 Å². The molecule has 1 aromatic heterocycles. The van der Waals surface area contributed by atoms with Crippen LogP contribution in [0.3, 0.4) is 0 Å². The quantitative estimate of drug-likeness (QED) is 0.727. The first-order chi connectivity index (χ1) is 10.1. The molecular weight excluding hydrogens is 266 g/mol. The normalized spacial score (nSPS) is 10.3. The van der Waals surface area contributed by atoms with Crippen LogP contribution in [0.2, 0.25) is 0 Å². The lowest BCUT2D eigenvalue weighted by Gasteiger charge is -2.23. The van der Waals surface area contributed by atoms with Gasteiger partial charge in [0.25, 0.3) is 0 Å². The van der Waals surface area contributed by atoms with E-state index in [0.29, 0.717) is 6.54 Å². The number of amides is 1. The molecule has 0 aliphatic carbocycles. The maximum atomic E-state index is 11.7. The maximum absolute atomic E-state index is 11.7. The molecule has 0 spiro atoms. The van der Waals surface area contributed by atoms with Gasteiger partial charge in [-0.15, -0.1) is 0 Å². The highest BCUT2D eigenvalue weighted by Crippen LogP contribution is 2.17. The molecule has 0 saturated carbocycles. The number of aryl methyl sites for hydroxylation is 1. The van der Waals surface area contributed by atoms with Gasteiger partial charge in [-0.25, -0.2) is 9.97 Å². The molecule has 6 heteroatoms. The SMILES string of the molecule is CCCNc1cc(N(CCC)CC(=O)NC)nc(CC)n1. The van der Waals surface area contributed by atoms with Crippen molar-refractivity contribution in [3.05, 3.63) is 11.9 Å². The van der Waals surface area contributed by atoms with Crippen LogP contribution in [-0.2, 0) is 11.2 Å². The fraction of sp³-hybridized carbons (Fsp3) is 0.667. The summed E-state index contributed by atoms with van der Waals surface area (Å²) >= 11 is 0. The summed E-state index contributed by atoms with van der Waals surface area (Å²) in [7, 11) is 1.65. The number of nitrogens with one attached hydrogen (secondary N) is 2. The summed E-state index contributed by atoms with van der Waals surface area (Å²) in [5.74, 6) is 2.43. The van der Waals surface area contributed by atoms with Gasteiger partial charge in [0.05, 0.1) is 6.54 Å². The average molecular weight is 293 g/mol. The molecule has 0 radical (unpaired) electrons. The van der Waals surface area contributed by atoms with Crippen LogP contribution >= 0.6 is 0 Å². The van der Waals surface area contributed by atoms with E-state index >= 15 is 0 Å². The van der Waals surface area contributed by atoms with Gasteiger partial charge in [-0.05, 0) is 12.8 Å². The van der Waals surface area contributed by atoms with Crippen molar-refractivity contribution < 1.29 is 4.79 Å². The van der Waals surface area contributed by atoms with Crippen molar-refractivity contribution in [2.75, 3.05) is 36.9 Å². The maximum Gasteiger partial charge on any atom is 0.239 e. The molecular formula is C15H27N5O. The summed E-state index contributed by atoms with van der Waals surface area (Å²) < 4.78 is 0. The summed E-state index contributed by atoms with van der Waals surface area (Å²) in [5.41, 5.74) is 0. The summed E-state index contributed by atoms with van der Waals surface area (Å²) in [6.45, 7) is 8.23. The number of aromatic nitrogens is 2. The fourth-order valence-electron chi connectivity index (χ4n) is 1.94. The lowest BCUT2D eigenvalue weighted by atomic mass is 10.3. The van der Waals surface area contributed by atoms with Gasteiger partial charge in [0.1, 0.15) is 17.5 Å².